The van der Waals surface area contributed by atoms with Gasteiger partial charge in [-0.1, -0.05) is 0 Å². The van der Waals surface area contributed by atoms with Crippen molar-refractivity contribution < 1.29 is 0 Å². The van der Waals surface area contributed by atoms with Crippen LogP contribution in [0.5, 0.6) is 0 Å². The minimum Gasteiger partial charge on any atom is -0.330 e. The van der Waals surface area contributed by atoms with Crippen molar-refractivity contribution >= 4 is 0 Å². The van der Waals surface area contributed by atoms with Crippen LogP contribution in [0, 0.1) is 23.7 Å². The van der Waals surface area contributed by atoms with Crippen LogP contribution in [-0.2, 0) is 6.42 Å². The molecule has 20 heavy (non-hydrogen) atoms. The normalized spacial score (nSPS) is 45.0. The summed E-state index contributed by atoms with van der Waals surface area (Å²) in [6.07, 6.45) is 12.0. The summed E-state index contributed by atoms with van der Waals surface area (Å²) in [5.41, 5.74) is 8.93. The van der Waals surface area contributed by atoms with E-state index in [1.807, 2.05) is 0 Å². The maximum absolute atomic E-state index is 5.92. The van der Waals surface area contributed by atoms with E-state index in [9.17, 15) is 0 Å². The number of nitrogens with zero attached hydrogens (tertiary/aromatic N) is 2. The first-order valence-electron chi connectivity index (χ1n) is 8.59. The highest BCUT2D eigenvalue weighted by atomic mass is 15.3. The Morgan fingerprint density at radius 1 is 1.10 bits per heavy atom. The number of fused-ring (bicyclic) bond motifs is 1. The first kappa shape index (κ1) is 11.8. The van der Waals surface area contributed by atoms with Crippen LogP contribution in [0.15, 0.2) is 6.20 Å². The molecule has 3 heteroatoms. The Morgan fingerprint density at radius 3 is 2.45 bits per heavy atom. The predicted octanol–water partition coefficient (Wildman–Crippen LogP) is 2.87. The van der Waals surface area contributed by atoms with Gasteiger partial charge in [0, 0.05) is 5.69 Å². The van der Waals surface area contributed by atoms with Gasteiger partial charge in [0.2, 0.25) is 0 Å². The molecule has 4 saturated carbocycles. The van der Waals surface area contributed by atoms with Crippen LogP contribution in [0.25, 0.3) is 0 Å². The summed E-state index contributed by atoms with van der Waals surface area (Å²) in [6, 6.07) is 0.725. The quantitative estimate of drug-likeness (QED) is 0.899. The highest BCUT2D eigenvalue weighted by molar-refractivity contribution is 5.29. The van der Waals surface area contributed by atoms with E-state index < -0.39 is 0 Å². The molecule has 4 fully saturated rings. The van der Waals surface area contributed by atoms with E-state index in [-0.39, 0.29) is 0 Å². The van der Waals surface area contributed by atoms with Crippen molar-refractivity contribution in [3.63, 3.8) is 0 Å². The van der Waals surface area contributed by atoms with Crippen molar-refractivity contribution in [3.8, 4) is 0 Å². The molecule has 6 rings (SSSR count). The molecule has 1 atom stereocenters. The molecule has 5 aliphatic carbocycles. The molecule has 0 saturated heterocycles. The van der Waals surface area contributed by atoms with Gasteiger partial charge in [-0.05, 0) is 86.6 Å². The van der Waals surface area contributed by atoms with Gasteiger partial charge in [0.15, 0.2) is 0 Å². The molecule has 3 nitrogen and oxygen atoms in total. The lowest BCUT2D eigenvalue weighted by atomic mass is 9.54. The number of hydrogen-bond donors (Lipinski definition) is 1. The second-order valence-corrected chi connectivity index (χ2v) is 7.88. The van der Waals surface area contributed by atoms with E-state index in [4.69, 9.17) is 10.8 Å². The van der Waals surface area contributed by atoms with Crippen molar-refractivity contribution in [2.45, 2.75) is 56.9 Å². The summed E-state index contributed by atoms with van der Waals surface area (Å²) in [4.78, 5) is 0. The zero-order valence-electron chi connectivity index (χ0n) is 12.2. The second kappa shape index (κ2) is 4.09. The van der Waals surface area contributed by atoms with E-state index in [1.165, 1.54) is 56.2 Å². The summed E-state index contributed by atoms with van der Waals surface area (Å²) in [5, 5.41) is 4.84. The Kier molecular flexibility index (Phi) is 2.41. The molecule has 0 aliphatic heterocycles. The summed E-state index contributed by atoms with van der Waals surface area (Å²) in [7, 11) is 0. The van der Waals surface area contributed by atoms with Crippen molar-refractivity contribution in [2.75, 3.05) is 6.54 Å². The average molecular weight is 271 g/mol. The van der Waals surface area contributed by atoms with Gasteiger partial charge in [0.25, 0.3) is 0 Å². The highest BCUT2D eigenvalue weighted by Gasteiger charge is 2.50. The summed E-state index contributed by atoms with van der Waals surface area (Å²) in [5.74, 6) is 4.53. The van der Waals surface area contributed by atoms with E-state index in [1.54, 1.807) is 0 Å². The fourth-order valence-electron chi connectivity index (χ4n) is 6.26. The minimum atomic E-state index is 0.579. The molecule has 4 bridgehead atoms. The Labute approximate surface area is 120 Å². The summed E-state index contributed by atoms with van der Waals surface area (Å²) >= 11 is 0. The molecule has 5 aliphatic rings. The van der Waals surface area contributed by atoms with Crippen LogP contribution in [0.1, 0.15) is 61.7 Å². The molecule has 2 N–H and O–H groups in total. The van der Waals surface area contributed by atoms with Crippen molar-refractivity contribution in [2.24, 2.45) is 29.4 Å². The van der Waals surface area contributed by atoms with Gasteiger partial charge >= 0.3 is 0 Å². The molecule has 0 amide bonds. The Bertz CT molecular complexity index is 504. The molecule has 1 aromatic heterocycles. The standard InChI is InChI=1S/C17H25N3/c18-8-12-1-2-16-15(12)9-19-20(16)17-13-4-10-3-11(6-13)7-14(17)5-10/h9-14,17H,1-8,18H2. The van der Waals surface area contributed by atoms with Gasteiger partial charge < -0.3 is 5.73 Å². The molecule has 1 heterocycles. The van der Waals surface area contributed by atoms with Crippen molar-refractivity contribution in [1.29, 1.82) is 0 Å². The highest BCUT2D eigenvalue weighted by Crippen LogP contribution is 2.58. The lowest BCUT2D eigenvalue weighted by Gasteiger charge is -2.54. The summed E-state index contributed by atoms with van der Waals surface area (Å²) < 4.78 is 2.47. The van der Waals surface area contributed by atoms with Crippen LogP contribution < -0.4 is 5.73 Å². The van der Waals surface area contributed by atoms with Crippen LogP contribution in [0.2, 0.25) is 0 Å². The molecular weight excluding hydrogens is 246 g/mol. The smallest absolute Gasteiger partial charge is 0.0579 e. The van der Waals surface area contributed by atoms with Gasteiger partial charge in [-0.25, -0.2) is 0 Å². The first-order valence-corrected chi connectivity index (χ1v) is 8.59. The van der Waals surface area contributed by atoms with Crippen LogP contribution in [0.3, 0.4) is 0 Å². The van der Waals surface area contributed by atoms with E-state index in [0.717, 1.165) is 36.3 Å². The van der Waals surface area contributed by atoms with Gasteiger partial charge in [-0.2, -0.15) is 5.10 Å². The lowest BCUT2D eigenvalue weighted by molar-refractivity contribution is -0.0345. The maximum Gasteiger partial charge on any atom is 0.0579 e. The fraction of sp³-hybridized carbons (Fsp3) is 0.824. The van der Waals surface area contributed by atoms with Crippen LogP contribution in [0.4, 0.5) is 0 Å². The van der Waals surface area contributed by atoms with Gasteiger partial charge in [-0.3, -0.25) is 4.68 Å². The Morgan fingerprint density at radius 2 is 1.80 bits per heavy atom. The number of hydrogen-bond acceptors (Lipinski definition) is 2. The lowest BCUT2D eigenvalue weighted by Crippen LogP contribution is -2.46. The fourth-order valence-corrected chi connectivity index (χ4v) is 6.26. The SMILES string of the molecule is NCC1CCc2c1cnn2C1C2CC3CC(C2)CC1C3. The third-order valence-corrected chi connectivity index (χ3v) is 6.84. The number of rotatable bonds is 2. The molecule has 0 radical (unpaired) electrons. The third kappa shape index (κ3) is 1.47. The number of nitrogens with two attached hydrogens (primary N) is 1. The Hall–Kier alpha value is -0.830. The zero-order chi connectivity index (χ0) is 13.3. The zero-order valence-corrected chi connectivity index (χ0v) is 12.2. The largest absolute Gasteiger partial charge is 0.330 e. The second-order valence-electron chi connectivity index (χ2n) is 7.88. The molecule has 1 aromatic rings. The topological polar surface area (TPSA) is 43.8 Å². The van der Waals surface area contributed by atoms with Gasteiger partial charge in [0.05, 0.1) is 12.2 Å². The van der Waals surface area contributed by atoms with Gasteiger partial charge in [-0.15, -0.1) is 0 Å². The molecule has 108 valence electrons. The van der Waals surface area contributed by atoms with Crippen molar-refractivity contribution in [1.82, 2.24) is 9.78 Å². The first-order chi connectivity index (χ1) is 9.83. The number of aromatic nitrogens is 2. The van der Waals surface area contributed by atoms with Gasteiger partial charge in [0.1, 0.15) is 0 Å². The Balaban J connectivity index is 1.52. The predicted molar refractivity (Wildman–Crippen MR) is 78.4 cm³/mol. The third-order valence-electron chi connectivity index (χ3n) is 6.84. The van der Waals surface area contributed by atoms with Crippen molar-refractivity contribution in [3.05, 3.63) is 17.5 Å². The molecule has 1 unspecified atom stereocenters. The monoisotopic (exact) mass is 271 g/mol. The van der Waals surface area contributed by atoms with Crippen LogP contribution >= 0.6 is 0 Å². The average Bonchev–Trinajstić information content (AvgIpc) is 3.00. The maximum atomic E-state index is 5.92. The molecule has 0 aromatic carbocycles. The van der Waals surface area contributed by atoms with E-state index >= 15 is 0 Å². The summed E-state index contributed by atoms with van der Waals surface area (Å²) in [6.45, 7) is 0.792. The van der Waals surface area contributed by atoms with Crippen LogP contribution in [-0.4, -0.2) is 16.3 Å². The molecule has 0 spiro atoms. The minimum absolute atomic E-state index is 0.579. The van der Waals surface area contributed by atoms with E-state index in [0.29, 0.717) is 5.92 Å². The van der Waals surface area contributed by atoms with E-state index in [2.05, 4.69) is 10.9 Å². The molecular formula is C17H25N3.